The Hall–Kier alpha value is -2.81. The van der Waals surface area contributed by atoms with Crippen LogP contribution in [0.5, 0.6) is 0 Å². The Morgan fingerprint density at radius 3 is 2.46 bits per heavy atom. The molecule has 2 aliphatic rings. The van der Waals surface area contributed by atoms with Crippen molar-refractivity contribution in [2.24, 2.45) is 5.73 Å². The second kappa shape index (κ2) is 8.05. The largest absolute Gasteiger partial charge is 0.372 e. The van der Waals surface area contributed by atoms with Crippen molar-refractivity contribution in [1.29, 1.82) is 0 Å². The van der Waals surface area contributed by atoms with Gasteiger partial charge in [0.05, 0.1) is 16.8 Å². The van der Waals surface area contributed by atoms with E-state index in [9.17, 15) is 23.6 Å². The fourth-order valence-electron chi connectivity index (χ4n) is 3.56. The molecule has 2 heterocycles. The summed E-state index contributed by atoms with van der Waals surface area (Å²) in [5.41, 5.74) is 5.69. The van der Waals surface area contributed by atoms with Gasteiger partial charge in [-0.25, -0.2) is 4.39 Å². The van der Waals surface area contributed by atoms with Crippen molar-refractivity contribution in [3.63, 3.8) is 0 Å². The lowest BCUT2D eigenvalue weighted by molar-refractivity contribution is -0.136. The zero-order chi connectivity index (χ0) is 20.4. The number of imide groups is 2. The first kappa shape index (κ1) is 19.9. The summed E-state index contributed by atoms with van der Waals surface area (Å²) >= 11 is 0. The van der Waals surface area contributed by atoms with Crippen molar-refractivity contribution in [3.8, 4) is 0 Å². The van der Waals surface area contributed by atoms with Crippen LogP contribution in [0, 0.1) is 5.82 Å². The molecule has 9 heteroatoms. The number of carbonyl (C=O) groups is 4. The van der Waals surface area contributed by atoms with E-state index in [4.69, 9.17) is 5.73 Å². The Kier molecular flexibility index (Phi) is 5.73. The van der Waals surface area contributed by atoms with Crippen molar-refractivity contribution < 1.29 is 23.6 Å². The van der Waals surface area contributed by atoms with Crippen LogP contribution in [0.2, 0.25) is 0 Å². The van der Waals surface area contributed by atoms with Crippen molar-refractivity contribution in [3.05, 3.63) is 29.1 Å². The van der Waals surface area contributed by atoms with Crippen LogP contribution in [0.3, 0.4) is 0 Å². The number of hydrogen-bond donors (Lipinski definition) is 2. The van der Waals surface area contributed by atoms with Crippen LogP contribution in [0.15, 0.2) is 12.1 Å². The van der Waals surface area contributed by atoms with Crippen molar-refractivity contribution in [2.45, 2.75) is 38.1 Å². The molecule has 3 N–H and O–H groups in total. The number of unbranched alkanes of at least 4 members (excludes halogenated alkanes) is 2. The SMILES string of the molecule is CN(CCCCCN)c1cc2c(cc1F)C(=O)N(C1CCC(=O)NC1=O)C2=O. The van der Waals surface area contributed by atoms with E-state index in [-0.39, 0.29) is 29.7 Å². The summed E-state index contributed by atoms with van der Waals surface area (Å²) in [6.45, 7) is 1.18. The highest BCUT2D eigenvalue weighted by atomic mass is 19.1. The van der Waals surface area contributed by atoms with Crippen LogP contribution in [0.25, 0.3) is 0 Å². The van der Waals surface area contributed by atoms with Gasteiger partial charge in [-0.1, -0.05) is 6.42 Å². The van der Waals surface area contributed by atoms with E-state index < -0.39 is 35.5 Å². The Morgan fingerprint density at radius 1 is 1.14 bits per heavy atom. The summed E-state index contributed by atoms with van der Waals surface area (Å²) < 4.78 is 14.6. The molecule has 1 atom stereocenters. The van der Waals surface area contributed by atoms with Gasteiger partial charge in [-0.3, -0.25) is 29.4 Å². The van der Waals surface area contributed by atoms with Crippen molar-refractivity contribution in [1.82, 2.24) is 10.2 Å². The molecule has 4 amide bonds. The van der Waals surface area contributed by atoms with Crippen LogP contribution in [-0.4, -0.2) is 54.7 Å². The Labute approximate surface area is 161 Å². The third kappa shape index (κ3) is 3.62. The Bertz CT molecular complexity index is 841. The number of nitrogens with one attached hydrogen (secondary N) is 1. The molecular formula is C19H23FN4O4. The minimum atomic E-state index is -1.06. The first-order valence-electron chi connectivity index (χ1n) is 9.31. The number of anilines is 1. The monoisotopic (exact) mass is 390 g/mol. The van der Waals surface area contributed by atoms with Crippen LogP contribution in [0.1, 0.15) is 52.8 Å². The van der Waals surface area contributed by atoms with Gasteiger partial charge in [0, 0.05) is 20.0 Å². The van der Waals surface area contributed by atoms with Gasteiger partial charge < -0.3 is 10.6 Å². The second-order valence-corrected chi connectivity index (χ2v) is 7.07. The van der Waals surface area contributed by atoms with E-state index in [1.807, 2.05) is 0 Å². The maximum atomic E-state index is 14.6. The standard InChI is InChI=1S/C19H23FN4O4/c1-23(8-4-2-3-7-21)15-10-12-11(9-13(15)20)18(27)24(19(12)28)14-5-6-16(25)22-17(14)26/h9-10,14H,2-8,21H2,1H3,(H,22,25,26). The van der Waals surface area contributed by atoms with E-state index in [0.29, 0.717) is 13.1 Å². The minimum Gasteiger partial charge on any atom is -0.372 e. The highest BCUT2D eigenvalue weighted by molar-refractivity contribution is 6.23. The predicted molar refractivity (Wildman–Crippen MR) is 99.2 cm³/mol. The highest BCUT2D eigenvalue weighted by Crippen LogP contribution is 2.32. The molecule has 0 aromatic heterocycles. The van der Waals surface area contributed by atoms with Gasteiger partial charge >= 0.3 is 0 Å². The summed E-state index contributed by atoms with van der Waals surface area (Å²) in [5.74, 6) is -3.10. The number of carbonyl (C=O) groups excluding carboxylic acids is 4. The van der Waals surface area contributed by atoms with Gasteiger partial charge in [-0.2, -0.15) is 0 Å². The number of hydrogen-bond acceptors (Lipinski definition) is 6. The lowest BCUT2D eigenvalue weighted by Gasteiger charge is -2.27. The molecule has 1 fully saturated rings. The van der Waals surface area contributed by atoms with Crippen molar-refractivity contribution in [2.75, 3.05) is 25.0 Å². The van der Waals surface area contributed by atoms with Gasteiger partial charge in [-0.05, 0) is 37.9 Å². The molecule has 0 aliphatic carbocycles. The van der Waals surface area contributed by atoms with Gasteiger partial charge in [-0.15, -0.1) is 0 Å². The minimum absolute atomic E-state index is 0.0367. The summed E-state index contributed by atoms with van der Waals surface area (Å²) in [6.07, 6.45) is 2.71. The van der Waals surface area contributed by atoms with E-state index in [0.717, 1.165) is 30.2 Å². The maximum absolute atomic E-state index is 14.6. The third-order valence-electron chi connectivity index (χ3n) is 5.12. The molecule has 1 aromatic rings. The molecular weight excluding hydrogens is 367 g/mol. The number of nitrogens with zero attached hydrogens (tertiary/aromatic N) is 2. The molecule has 0 radical (unpaired) electrons. The summed E-state index contributed by atoms with van der Waals surface area (Å²) in [7, 11) is 1.71. The maximum Gasteiger partial charge on any atom is 0.262 e. The first-order valence-corrected chi connectivity index (χ1v) is 9.31. The molecule has 150 valence electrons. The fraction of sp³-hybridized carbons (Fsp3) is 0.474. The number of fused-ring (bicyclic) bond motifs is 1. The lowest BCUT2D eigenvalue weighted by Crippen LogP contribution is -2.54. The third-order valence-corrected chi connectivity index (χ3v) is 5.12. The summed E-state index contributed by atoms with van der Waals surface area (Å²) in [4.78, 5) is 51.4. The van der Waals surface area contributed by atoms with Crippen LogP contribution in [0.4, 0.5) is 10.1 Å². The number of benzene rings is 1. The normalized spacial score (nSPS) is 19.1. The zero-order valence-corrected chi connectivity index (χ0v) is 15.7. The number of rotatable bonds is 7. The van der Waals surface area contributed by atoms with E-state index in [2.05, 4.69) is 5.32 Å². The number of halogens is 1. The zero-order valence-electron chi connectivity index (χ0n) is 15.7. The molecule has 0 bridgehead atoms. The molecule has 1 aromatic carbocycles. The van der Waals surface area contributed by atoms with Crippen LogP contribution in [-0.2, 0) is 9.59 Å². The fourth-order valence-corrected chi connectivity index (χ4v) is 3.56. The average molecular weight is 390 g/mol. The topological polar surface area (TPSA) is 113 Å². The molecule has 2 aliphatic heterocycles. The van der Waals surface area contributed by atoms with Gasteiger partial charge in [0.25, 0.3) is 11.8 Å². The quantitative estimate of drug-likeness (QED) is 0.526. The van der Waals surface area contributed by atoms with E-state index >= 15 is 0 Å². The Balaban J connectivity index is 1.83. The van der Waals surface area contributed by atoms with Gasteiger partial charge in [0.15, 0.2) is 0 Å². The smallest absolute Gasteiger partial charge is 0.262 e. The lowest BCUT2D eigenvalue weighted by atomic mass is 10.0. The van der Waals surface area contributed by atoms with Crippen molar-refractivity contribution >= 4 is 29.3 Å². The summed E-state index contributed by atoms with van der Waals surface area (Å²) in [5, 5.41) is 2.13. The number of amides is 4. The van der Waals surface area contributed by atoms with Crippen LogP contribution < -0.4 is 16.0 Å². The molecule has 1 saturated heterocycles. The van der Waals surface area contributed by atoms with E-state index in [1.165, 1.54) is 6.07 Å². The number of piperidine rings is 1. The average Bonchev–Trinajstić information content (AvgIpc) is 2.88. The molecule has 1 unspecified atom stereocenters. The van der Waals surface area contributed by atoms with Gasteiger partial charge in [0.2, 0.25) is 11.8 Å². The van der Waals surface area contributed by atoms with Gasteiger partial charge in [0.1, 0.15) is 11.9 Å². The molecule has 3 rings (SSSR count). The van der Waals surface area contributed by atoms with E-state index in [1.54, 1.807) is 11.9 Å². The molecule has 0 saturated carbocycles. The highest BCUT2D eigenvalue weighted by Gasteiger charge is 2.45. The Morgan fingerprint density at radius 2 is 1.82 bits per heavy atom. The molecule has 0 spiro atoms. The second-order valence-electron chi connectivity index (χ2n) is 7.07. The number of nitrogens with two attached hydrogens (primary N) is 1. The molecule has 28 heavy (non-hydrogen) atoms. The first-order chi connectivity index (χ1) is 13.3. The summed E-state index contributed by atoms with van der Waals surface area (Å²) in [6, 6.07) is 1.35. The molecule has 8 nitrogen and oxygen atoms in total. The van der Waals surface area contributed by atoms with Crippen LogP contribution >= 0.6 is 0 Å². The predicted octanol–water partition coefficient (Wildman–Crippen LogP) is 0.792.